The highest BCUT2D eigenvalue weighted by Crippen LogP contribution is 2.49. The van der Waals surface area contributed by atoms with E-state index in [0.29, 0.717) is 55.4 Å². The molecule has 252 valence electrons. The lowest BCUT2D eigenvalue weighted by atomic mass is 9.63. The minimum atomic E-state index is -4.76. The van der Waals surface area contributed by atoms with E-state index in [2.05, 4.69) is 9.62 Å². The summed E-state index contributed by atoms with van der Waals surface area (Å²) < 4.78 is 77.3. The van der Waals surface area contributed by atoms with Gasteiger partial charge in [-0.05, 0) is 117 Å². The Morgan fingerprint density at radius 3 is 2.59 bits per heavy atom. The molecule has 6 rings (SSSR count). The number of benzene rings is 2. The molecule has 2 aliphatic carbocycles. The predicted molar refractivity (Wildman–Crippen MR) is 171 cm³/mol. The van der Waals surface area contributed by atoms with E-state index in [-0.39, 0.29) is 23.8 Å². The van der Waals surface area contributed by atoms with Gasteiger partial charge in [0.05, 0.1) is 17.5 Å². The Hall–Kier alpha value is -2.50. The smallest absolute Gasteiger partial charge is 0.414 e. The number of ether oxygens (including phenoxy) is 1. The van der Waals surface area contributed by atoms with Gasteiger partial charge in [-0.2, -0.15) is 13.2 Å². The number of alkyl halides is 3. The van der Waals surface area contributed by atoms with Gasteiger partial charge in [-0.1, -0.05) is 31.0 Å². The number of hydrogen-bond acceptors (Lipinski definition) is 6. The minimum Gasteiger partial charge on any atom is -0.490 e. The van der Waals surface area contributed by atoms with E-state index in [1.807, 2.05) is 18.2 Å². The lowest BCUT2D eigenvalue weighted by Crippen LogP contribution is -2.51. The topological polar surface area (TPSA) is 95.9 Å². The zero-order valence-electron chi connectivity index (χ0n) is 26.2. The molecule has 1 saturated carbocycles. The summed E-state index contributed by atoms with van der Waals surface area (Å²) in [5.41, 5.74) is 2.61. The zero-order valence-corrected chi connectivity index (χ0v) is 27.7. The number of nitrogens with one attached hydrogen (secondary N) is 1. The number of anilines is 1. The van der Waals surface area contributed by atoms with Gasteiger partial charge < -0.3 is 14.7 Å². The molecule has 46 heavy (non-hydrogen) atoms. The molecule has 1 amide bonds. The first-order valence-corrected chi connectivity index (χ1v) is 18.2. The quantitative estimate of drug-likeness (QED) is 0.350. The molecule has 2 aromatic rings. The van der Waals surface area contributed by atoms with Gasteiger partial charge >= 0.3 is 6.18 Å². The molecule has 2 aromatic carbocycles. The van der Waals surface area contributed by atoms with E-state index in [4.69, 9.17) is 16.3 Å². The van der Waals surface area contributed by atoms with Crippen LogP contribution in [0.4, 0.5) is 18.9 Å². The van der Waals surface area contributed by atoms with Crippen molar-refractivity contribution in [2.24, 2.45) is 23.7 Å². The fourth-order valence-corrected chi connectivity index (χ4v) is 9.77. The SMILES string of the molecule is CC1CCC[C@H]([C@@H](O)C(F)(F)F)C2CCC2CN2C[C@@]3(CCCc4cc(Cl)ccc43)COc3ccc(cc32)C(=O)NS(=O)(=O)C1C. The molecule has 2 bridgehead atoms. The molecule has 1 fully saturated rings. The van der Waals surface area contributed by atoms with E-state index in [1.165, 1.54) is 6.92 Å². The Bertz CT molecular complexity index is 1590. The normalized spacial score (nSPS) is 32.2. The average Bonchev–Trinajstić information content (AvgIpc) is 3.13. The van der Waals surface area contributed by atoms with Crippen LogP contribution in [0.1, 0.15) is 80.3 Å². The highest BCUT2D eigenvalue weighted by molar-refractivity contribution is 7.90. The van der Waals surface area contributed by atoms with Crippen LogP contribution in [0.15, 0.2) is 36.4 Å². The average molecular weight is 683 g/mol. The summed E-state index contributed by atoms with van der Waals surface area (Å²) in [6, 6.07) is 10.8. The van der Waals surface area contributed by atoms with E-state index in [1.54, 1.807) is 25.1 Å². The number of hydrogen-bond donors (Lipinski definition) is 2. The molecular formula is C34H42ClF3N2O5S. The highest BCUT2D eigenvalue weighted by Gasteiger charge is 2.51. The number of halogens is 4. The number of sulfonamides is 1. The van der Waals surface area contributed by atoms with Crippen molar-refractivity contribution in [2.75, 3.05) is 24.6 Å². The van der Waals surface area contributed by atoms with Crippen molar-refractivity contribution in [3.05, 3.63) is 58.1 Å². The Labute approximate surface area is 273 Å². The van der Waals surface area contributed by atoms with Gasteiger partial charge in [-0.3, -0.25) is 4.79 Å². The van der Waals surface area contributed by atoms with Crippen molar-refractivity contribution in [1.29, 1.82) is 0 Å². The maximum Gasteiger partial charge on any atom is 0.414 e. The fourth-order valence-electron chi connectivity index (χ4n) is 8.27. The Kier molecular flexibility index (Phi) is 9.08. The molecule has 0 aromatic heterocycles. The lowest BCUT2D eigenvalue weighted by Gasteiger charge is -2.48. The van der Waals surface area contributed by atoms with Crippen LogP contribution in [0.3, 0.4) is 0 Å². The number of carbonyl (C=O) groups excluding carboxylic acids is 1. The molecule has 1 spiro atoms. The molecule has 7 atom stereocenters. The first-order valence-electron chi connectivity index (χ1n) is 16.3. The summed E-state index contributed by atoms with van der Waals surface area (Å²) in [4.78, 5) is 15.5. The molecule has 4 unspecified atom stereocenters. The summed E-state index contributed by atoms with van der Waals surface area (Å²) >= 11 is 6.36. The number of aryl methyl sites for hydroxylation is 1. The van der Waals surface area contributed by atoms with Gasteiger partial charge in [0.2, 0.25) is 10.0 Å². The molecule has 0 radical (unpaired) electrons. The highest BCUT2D eigenvalue weighted by atomic mass is 35.5. The molecule has 0 saturated heterocycles. The number of nitrogens with zero attached hydrogens (tertiary/aromatic N) is 1. The van der Waals surface area contributed by atoms with Gasteiger partial charge in [0.1, 0.15) is 5.75 Å². The second-order valence-corrected chi connectivity index (χ2v) is 16.5. The van der Waals surface area contributed by atoms with Crippen LogP contribution in [0.25, 0.3) is 0 Å². The number of fused-ring (bicyclic) bond motifs is 4. The summed E-state index contributed by atoms with van der Waals surface area (Å²) in [6.45, 7) is 4.52. The van der Waals surface area contributed by atoms with E-state index < -0.39 is 50.7 Å². The molecule has 7 nitrogen and oxygen atoms in total. The molecule has 4 aliphatic rings. The molecule has 2 aliphatic heterocycles. The molecule has 12 heteroatoms. The van der Waals surface area contributed by atoms with Crippen LogP contribution in [0, 0.1) is 23.7 Å². The monoisotopic (exact) mass is 682 g/mol. The molecular weight excluding hydrogens is 641 g/mol. The number of aliphatic hydroxyl groups is 1. The largest absolute Gasteiger partial charge is 0.490 e. The lowest BCUT2D eigenvalue weighted by molar-refractivity contribution is -0.231. The van der Waals surface area contributed by atoms with Crippen molar-refractivity contribution in [3.8, 4) is 5.75 Å². The van der Waals surface area contributed by atoms with Crippen LogP contribution in [-0.4, -0.2) is 56.7 Å². The molecule has 2 heterocycles. The summed E-state index contributed by atoms with van der Waals surface area (Å²) in [6.07, 6.45) is -2.47. The second kappa shape index (κ2) is 12.5. The maximum atomic E-state index is 14.0. The summed E-state index contributed by atoms with van der Waals surface area (Å²) in [5.74, 6) is -2.08. The van der Waals surface area contributed by atoms with E-state index in [9.17, 15) is 31.5 Å². The van der Waals surface area contributed by atoms with E-state index in [0.717, 1.165) is 36.8 Å². The summed E-state index contributed by atoms with van der Waals surface area (Å²) in [5, 5.41) is 10.3. The van der Waals surface area contributed by atoms with Crippen LogP contribution < -0.4 is 14.4 Å². The van der Waals surface area contributed by atoms with Gasteiger partial charge in [0, 0.05) is 29.1 Å². The Morgan fingerprint density at radius 2 is 1.87 bits per heavy atom. The molecule has 2 N–H and O–H groups in total. The first kappa shape index (κ1) is 33.4. The van der Waals surface area contributed by atoms with Crippen LogP contribution in [0.2, 0.25) is 5.02 Å². The van der Waals surface area contributed by atoms with Crippen LogP contribution in [0.5, 0.6) is 5.75 Å². The summed E-state index contributed by atoms with van der Waals surface area (Å²) in [7, 11) is -4.08. The van der Waals surface area contributed by atoms with Crippen molar-refractivity contribution >= 4 is 33.2 Å². The second-order valence-electron chi connectivity index (χ2n) is 14.0. The van der Waals surface area contributed by atoms with Crippen molar-refractivity contribution in [3.63, 3.8) is 0 Å². The number of carbonyl (C=O) groups is 1. The van der Waals surface area contributed by atoms with Gasteiger partial charge in [0.15, 0.2) is 6.10 Å². The van der Waals surface area contributed by atoms with E-state index >= 15 is 0 Å². The maximum absolute atomic E-state index is 14.0. The number of amides is 1. The standard InChI is InChI=1S/C34H42ClF3N2O5S/c1-20-5-3-7-27(31(41)34(36,37)38)26-11-8-24(26)17-40-18-33(14-4-6-22-15-25(35)10-12-28(22)33)19-45-30-13-9-23(16-29(30)40)32(42)39-46(43,44)21(20)2/h9-10,12-13,15-16,20-21,24,26-27,31,41H,3-8,11,14,17-19H2,1-2H3,(H,39,42)/t20?,21?,24?,26?,27-,31+,33-/m0/s1. The number of rotatable bonds is 1. The third kappa shape index (κ3) is 6.35. The first-order chi connectivity index (χ1) is 21.7. The third-order valence-electron chi connectivity index (χ3n) is 11.2. The third-order valence-corrected chi connectivity index (χ3v) is 13.4. The van der Waals surface area contributed by atoms with Gasteiger partial charge in [-0.15, -0.1) is 0 Å². The van der Waals surface area contributed by atoms with Gasteiger partial charge in [-0.25, -0.2) is 13.1 Å². The van der Waals surface area contributed by atoms with Crippen LogP contribution in [-0.2, 0) is 21.9 Å². The Morgan fingerprint density at radius 1 is 1.09 bits per heavy atom. The van der Waals surface area contributed by atoms with Crippen molar-refractivity contribution in [1.82, 2.24) is 4.72 Å². The Balaban J connectivity index is 1.43. The zero-order chi connectivity index (χ0) is 33.0. The number of aliphatic hydroxyl groups excluding tert-OH is 1. The van der Waals surface area contributed by atoms with Crippen molar-refractivity contribution < 1.29 is 36.2 Å². The van der Waals surface area contributed by atoms with Crippen molar-refractivity contribution in [2.45, 2.75) is 88.2 Å². The minimum absolute atomic E-state index is 0.111. The predicted octanol–water partition coefficient (Wildman–Crippen LogP) is 6.65. The van der Waals surface area contributed by atoms with Gasteiger partial charge in [0.25, 0.3) is 5.91 Å². The fraction of sp³-hybridized carbons (Fsp3) is 0.618. The van der Waals surface area contributed by atoms with Crippen LogP contribution >= 0.6 is 11.6 Å².